The number of nitrogens with one attached hydrogen (secondary N) is 1. The van der Waals surface area contributed by atoms with E-state index in [1.807, 2.05) is 6.92 Å². The molecule has 100 valence electrons. The Morgan fingerprint density at radius 3 is 2.24 bits per heavy atom. The minimum Gasteiger partial charge on any atom is -0.300 e. The van der Waals surface area contributed by atoms with Gasteiger partial charge in [0.1, 0.15) is 0 Å². The molecule has 1 unspecified atom stereocenters. The zero-order valence-corrected chi connectivity index (χ0v) is 11.5. The van der Waals surface area contributed by atoms with Crippen LogP contribution >= 0.6 is 0 Å². The van der Waals surface area contributed by atoms with Crippen molar-refractivity contribution in [3.8, 4) is 0 Å². The van der Waals surface area contributed by atoms with Crippen molar-refractivity contribution in [2.24, 2.45) is 11.8 Å². The lowest BCUT2D eigenvalue weighted by Crippen LogP contribution is -2.54. The van der Waals surface area contributed by atoms with Crippen LogP contribution in [-0.2, 0) is 4.79 Å². The van der Waals surface area contributed by atoms with E-state index in [1.165, 1.54) is 0 Å². The largest absolute Gasteiger partial charge is 0.300 e. The molecule has 1 rings (SSSR count). The van der Waals surface area contributed by atoms with E-state index in [-0.39, 0.29) is 17.4 Å². The zero-order chi connectivity index (χ0) is 13.1. The fourth-order valence-electron chi connectivity index (χ4n) is 2.21. The van der Waals surface area contributed by atoms with Crippen LogP contribution in [0, 0.1) is 5.92 Å². The summed E-state index contributed by atoms with van der Waals surface area (Å²) >= 11 is 0. The molecule has 1 saturated heterocycles. The molecule has 1 atom stereocenters. The molecule has 3 N–H and O–H groups in total. The molecule has 0 radical (unpaired) electrons. The Hall–Kier alpha value is -0.650. The molecule has 1 amide bonds. The first-order valence-corrected chi connectivity index (χ1v) is 6.32. The smallest absolute Gasteiger partial charge is 0.237 e. The number of carbonyl (C=O) groups excluding carboxylic acids is 1. The number of piperazine rings is 1. The number of amides is 1. The van der Waals surface area contributed by atoms with Crippen LogP contribution in [0.4, 0.5) is 0 Å². The van der Waals surface area contributed by atoms with E-state index < -0.39 is 0 Å². The first-order valence-electron chi connectivity index (χ1n) is 6.32. The summed E-state index contributed by atoms with van der Waals surface area (Å²) in [5.41, 5.74) is 2.45. The Kier molecular flexibility index (Phi) is 4.91. The van der Waals surface area contributed by atoms with Crippen molar-refractivity contribution < 1.29 is 4.79 Å². The summed E-state index contributed by atoms with van der Waals surface area (Å²) in [7, 11) is 0. The van der Waals surface area contributed by atoms with Crippen LogP contribution in [0.2, 0.25) is 0 Å². The molecule has 5 heteroatoms. The lowest BCUT2D eigenvalue weighted by molar-refractivity contribution is -0.125. The van der Waals surface area contributed by atoms with Crippen LogP contribution in [-0.4, -0.2) is 54.0 Å². The summed E-state index contributed by atoms with van der Waals surface area (Å²) in [6.45, 7) is 13.6. The average molecular weight is 242 g/mol. The molecule has 0 bridgehead atoms. The van der Waals surface area contributed by atoms with Crippen LogP contribution in [0.15, 0.2) is 0 Å². The zero-order valence-electron chi connectivity index (χ0n) is 11.5. The first-order chi connectivity index (χ1) is 7.84. The predicted octanol–water partition coefficient (Wildman–Crippen LogP) is 0.0285. The van der Waals surface area contributed by atoms with Gasteiger partial charge in [-0.3, -0.25) is 15.1 Å². The summed E-state index contributed by atoms with van der Waals surface area (Å²) in [5, 5.41) is 0. The van der Waals surface area contributed by atoms with Gasteiger partial charge in [-0.25, -0.2) is 5.84 Å². The summed E-state index contributed by atoms with van der Waals surface area (Å²) in [4.78, 5) is 16.2. The summed E-state index contributed by atoms with van der Waals surface area (Å²) in [6.07, 6.45) is 0. The minimum atomic E-state index is -0.0803. The van der Waals surface area contributed by atoms with Gasteiger partial charge in [-0.1, -0.05) is 6.92 Å². The van der Waals surface area contributed by atoms with Crippen LogP contribution in [0.1, 0.15) is 27.7 Å². The summed E-state index contributed by atoms with van der Waals surface area (Å²) < 4.78 is 0. The molecule has 1 aliphatic rings. The minimum absolute atomic E-state index is 0.0406. The fraction of sp³-hybridized carbons (Fsp3) is 0.917. The van der Waals surface area contributed by atoms with Crippen LogP contribution < -0.4 is 11.3 Å². The average Bonchev–Trinajstić information content (AvgIpc) is 2.27. The van der Waals surface area contributed by atoms with Crippen LogP contribution in [0.3, 0.4) is 0 Å². The van der Waals surface area contributed by atoms with Gasteiger partial charge in [-0.05, 0) is 20.8 Å². The Bertz CT molecular complexity index is 254. The van der Waals surface area contributed by atoms with Crippen LogP contribution in [0.5, 0.6) is 0 Å². The van der Waals surface area contributed by atoms with Crippen molar-refractivity contribution in [2.75, 3.05) is 32.7 Å². The normalized spacial score (nSPS) is 21.2. The number of nitrogens with two attached hydrogens (primary N) is 1. The molecule has 1 heterocycles. The number of hydrazine groups is 1. The highest BCUT2D eigenvalue weighted by Gasteiger charge is 2.27. The number of nitrogens with zero attached hydrogens (tertiary/aromatic N) is 2. The van der Waals surface area contributed by atoms with Crippen molar-refractivity contribution in [3.05, 3.63) is 0 Å². The molecule has 0 aliphatic carbocycles. The second kappa shape index (κ2) is 5.80. The summed E-state index contributed by atoms with van der Waals surface area (Å²) in [6, 6.07) is 0. The standard InChI is InChI=1S/C12H26N4O/c1-10(11(17)14-13)9-15-5-7-16(8-6-15)12(2,3)4/h10H,5-9,13H2,1-4H3,(H,14,17). The first kappa shape index (κ1) is 14.4. The topological polar surface area (TPSA) is 61.6 Å². The number of hydrogen-bond donors (Lipinski definition) is 2. The van der Waals surface area contributed by atoms with E-state index in [0.29, 0.717) is 0 Å². The second-order valence-corrected chi connectivity index (χ2v) is 5.87. The number of rotatable bonds is 3. The van der Waals surface area contributed by atoms with Gasteiger partial charge in [-0.2, -0.15) is 0 Å². The van der Waals surface area contributed by atoms with E-state index >= 15 is 0 Å². The molecule has 0 aromatic rings. The Balaban J connectivity index is 2.35. The van der Waals surface area contributed by atoms with Gasteiger partial charge in [-0.15, -0.1) is 0 Å². The van der Waals surface area contributed by atoms with Crippen molar-refractivity contribution >= 4 is 5.91 Å². The highest BCUT2D eigenvalue weighted by Crippen LogP contribution is 2.16. The Morgan fingerprint density at radius 1 is 1.29 bits per heavy atom. The van der Waals surface area contributed by atoms with Gasteiger partial charge in [0, 0.05) is 44.2 Å². The number of hydrogen-bond acceptors (Lipinski definition) is 4. The highest BCUT2D eigenvalue weighted by molar-refractivity contribution is 5.77. The second-order valence-electron chi connectivity index (χ2n) is 5.87. The van der Waals surface area contributed by atoms with Crippen molar-refractivity contribution in [1.29, 1.82) is 0 Å². The number of carbonyl (C=O) groups is 1. The maximum atomic E-state index is 11.3. The molecule has 0 aromatic heterocycles. The summed E-state index contributed by atoms with van der Waals surface area (Å²) in [5.74, 6) is 5.01. The van der Waals surface area contributed by atoms with Gasteiger partial charge in [0.05, 0.1) is 0 Å². The van der Waals surface area contributed by atoms with Gasteiger partial charge < -0.3 is 4.90 Å². The van der Waals surface area contributed by atoms with E-state index in [1.54, 1.807) is 0 Å². The molecule has 1 aliphatic heterocycles. The van der Waals surface area contributed by atoms with Gasteiger partial charge in [0.15, 0.2) is 0 Å². The van der Waals surface area contributed by atoms with Gasteiger partial charge in [0.2, 0.25) is 5.91 Å². The molecular formula is C12H26N4O. The van der Waals surface area contributed by atoms with Gasteiger partial charge in [0.25, 0.3) is 0 Å². The molecule has 17 heavy (non-hydrogen) atoms. The van der Waals surface area contributed by atoms with E-state index in [2.05, 4.69) is 36.0 Å². The molecule has 0 spiro atoms. The highest BCUT2D eigenvalue weighted by atomic mass is 16.2. The van der Waals surface area contributed by atoms with Crippen LogP contribution in [0.25, 0.3) is 0 Å². The molecule has 0 saturated carbocycles. The molecule has 0 aromatic carbocycles. The third kappa shape index (κ3) is 4.26. The van der Waals surface area contributed by atoms with Crippen molar-refractivity contribution in [3.63, 3.8) is 0 Å². The quantitative estimate of drug-likeness (QED) is 0.416. The lowest BCUT2D eigenvalue weighted by Gasteiger charge is -2.42. The third-order valence-corrected chi connectivity index (χ3v) is 3.44. The Labute approximate surface area is 104 Å². The van der Waals surface area contributed by atoms with E-state index in [4.69, 9.17) is 5.84 Å². The van der Waals surface area contributed by atoms with E-state index in [9.17, 15) is 4.79 Å². The SMILES string of the molecule is CC(CN1CCN(C(C)(C)C)CC1)C(=O)NN. The van der Waals surface area contributed by atoms with Crippen molar-refractivity contribution in [1.82, 2.24) is 15.2 Å². The maximum absolute atomic E-state index is 11.3. The lowest BCUT2D eigenvalue weighted by atomic mass is 10.0. The Morgan fingerprint density at radius 2 is 1.82 bits per heavy atom. The molecule has 1 fully saturated rings. The third-order valence-electron chi connectivity index (χ3n) is 3.44. The maximum Gasteiger partial charge on any atom is 0.237 e. The monoisotopic (exact) mass is 242 g/mol. The fourth-order valence-corrected chi connectivity index (χ4v) is 2.21. The molecule has 5 nitrogen and oxygen atoms in total. The molecular weight excluding hydrogens is 216 g/mol. The van der Waals surface area contributed by atoms with Gasteiger partial charge >= 0.3 is 0 Å². The van der Waals surface area contributed by atoms with E-state index in [0.717, 1.165) is 32.7 Å². The predicted molar refractivity (Wildman–Crippen MR) is 69.3 cm³/mol. The van der Waals surface area contributed by atoms with Crippen molar-refractivity contribution in [2.45, 2.75) is 33.2 Å².